The predicted molar refractivity (Wildman–Crippen MR) is 73.1 cm³/mol. The molecule has 0 spiro atoms. The molecule has 20 heavy (non-hydrogen) atoms. The number of carboxylic acid groups (broad SMARTS) is 1. The van der Waals surface area contributed by atoms with Crippen molar-refractivity contribution in [2.75, 3.05) is 0 Å². The van der Waals surface area contributed by atoms with Crippen LogP contribution in [0.2, 0.25) is 0 Å². The first kappa shape index (κ1) is 12.9. The van der Waals surface area contributed by atoms with Gasteiger partial charge in [0.1, 0.15) is 5.69 Å². The number of rotatable bonds is 3. The third kappa shape index (κ3) is 2.45. The molecule has 1 fully saturated rings. The van der Waals surface area contributed by atoms with Crippen molar-refractivity contribution in [2.24, 2.45) is 5.92 Å². The number of H-pyrrole nitrogens is 1. The van der Waals surface area contributed by atoms with Gasteiger partial charge in [0.2, 0.25) is 0 Å². The van der Waals surface area contributed by atoms with Crippen LogP contribution in [-0.2, 0) is 6.42 Å². The Morgan fingerprint density at radius 1 is 1.35 bits per heavy atom. The molecule has 1 saturated carbocycles. The second kappa shape index (κ2) is 5.11. The largest absolute Gasteiger partial charge is 0.477 e. The third-order valence-electron chi connectivity index (χ3n) is 3.96. The number of aromatic amines is 1. The molecule has 0 amide bonds. The van der Waals surface area contributed by atoms with Crippen LogP contribution < -0.4 is 5.56 Å². The van der Waals surface area contributed by atoms with Crippen molar-refractivity contribution in [3.8, 4) is 0 Å². The molecule has 2 N–H and O–H groups in total. The minimum atomic E-state index is -1.09. The molecule has 2 aromatic heterocycles. The van der Waals surface area contributed by atoms with Gasteiger partial charge in [-0.05, 0) is 12.3 Å². The first-order chi connectivity index (χ1) is 9.63. The summed E-state index contributed by atoms with van der Waals surface area (Å²) < 4.78 is 1.17. The van der Waals surface area contributed by atoms with Crippen LogP contribution in [0.1, 0.15) is 48.3 Å². The van der Waals surface area contributed by atoms with Gasteiger partial charge in [0.15, 0.2) is 5.65 Å². The van der Waals surface area contributed by atoms with Gasteiger partial charge in [-0.2, -0.15) is 0 Å². The molecule has 1 aliphatic carbocycles. The van der Waals surface area contributed by atoms with Crippen LogP contribution in [0.3, 0.4) is 0 Å². The number of aromatic nitrogens is 3. The molecule has 106 valence electrons. The smallest absolute Gasteiger partial charge is 0.353 e. The molecule has 0 aliphatic heterocycles. The number of hydrogen-bond donors (Lipinski definition) is 2. The molecule has 6 nitrogen and oxygen atoms in total. The number of carbonyl (C=O) groups is 1. The van der Waals surface area contributed by atoms with Crippen LogP contribution in [0.5, 0.6) is 0 Å². The van der Waals surface area contributed by atoms with Gasteiger partial charge in [-0.25, -0.2) is 14.3 Å². The fraction of sp³-hybridized carbons (Fsp3) is 0.500. The number of carboxylic acids is 1. The van der Waals surface area contributed by atoms with Crippen LogP contribution in [0.25, 0.3) is 5.65 Å². The summed E-state index contributed by atoms with van der Waals surface area (Å²) in [6, 6.07) is 2.90. The zero-order chi connectivity index (χ0) is 14.1. The number of fused-ring (bicyclic) bond motifs is 1. The normalized spacial score (nSPS) is 16.6. The Labute approximate surface area is 115 Å². The summed E-state index contributed by atoms with van der Waals surface area (Å²) in [7, 11) is 0. The molecule has 2 heterocycles. The highest BCUT2D eigenvalue weighted by Gasteiger charge is 2.16. The molecule has 0 atom stereocenters. The van der Waals surface area contributed by atoms with E-state index in [1.165, 1.54) is 48.8 Å². The van der Waals surface area contributed by atoms with Crippen LogP contribution >= 0.6 is 0 Å². The highest BCUT2D eigenvalue weighted by Crippen LogP contribution is 2.26. The fourth-order valence-electron chi connectivity index (χ4n) is 2.94. The second-order valence-electron chi connectivity index (χ2n) is 5.46. The molecule has 0 radical (unpaired) electrons. The van der Waals surface area contributed by atoms with Gasteiger partial charge in [-0.1, -0.05) is 32.1 Å². The van der Waals surface area contributed by atoms with E-state index in [-0.39, 0.29) is 11.3 Å². The zero-order valence-electron chi connectivity index (χ0n) is 11.1. The van der Waals surface area contributed by atoms with Gasteiger partial charge in [0, 0.05) is 17.8 Å². The number of nitrogens with zero attached hydrogens (tertiary/aromatic N) is 2. The summed E-state index contributed by atoms with van der Waals surface area (Å²) in [6.07, 6.45) is 6.98. The van der Waals surface area contributed by atoms with E-state index in [4.69, 9.17) is 5.11 Å². The fourth-order valence-corrected chi connectivity index (χ4v) is 2.94. The lowest BCUT2D eigenvalue weighted by Gasteiger charge is -2.20. The molecule has 0 saturated heterocycles. The van der Waals surface area contributed by atoms with Gasteiger partial charge >= 0.3 is 5.97 Å². The van der Waals surface area contributed by atoms with Crippen molar-refractivity contribution < 1.29 is 9.90 Å². The van der Waals surface area contributed by atoms with Crippen molar-refractivity contribution in [3.05, 3.63) is 33.9 Å². The van der Waals surface area contributed by atoms with Crippen molar-refractivity contribution in [3.63, 3.8) is 0 Å². The molecule has 0 aromatic carbocycles. The second-order valence-corrected chi connectivity index (χ2v) is 5.46. The Bertz CT molecular complexity index is 695. The Balaban J connectivity index is 1.92. The molecule has 3 rings (SSSR count). The summed E-state index contributed by atoms with van der Waals surface area (Å²) in [6.45, 7) is 0. The highest BCUT2D eigenvalue weighted by atomic mass is 16.4. The van der Waals surface area contributed by atoms with E-state index in [0.717, 1.165) is 12.1 Å². The molecule has 1 aliphatic rings. The summed E-state index contributed by atoms with van der Waals surface area (Å²) in [4.78, 5) is 27.3. The first-order valence-electron chi connectivity index (χ1n) is 6.98. The average Bonchev–Trinajstić information content (AvgIpc) is 2.84. The van der Waals surface area contributed by atoms with Gasteiger partial charge in [-0.15, -0.1) is 0 Å². The monoisotopic (exact) mass is 275 g/mol. The standard InChI is InChI=1S/C14H17N3O3/c18-13-7-10(6-9-4-2-1-3-5-9)15-12-8-11(14(19)20)16-17(12)13/h7-9,16H,1-6H2,(H,19,20). The Kier molecular flexibility index (Phi) is 3.30. The van der Waals surface area contributed by atoms with Crippen molar-refractivity contribution in [1.82, 2.24) is 14.6 Å². The maximum absolute atomic E-state index is 12.0. The quantitative estimate of drug-likeness (QED) is 0.894. The number of aromatic carboxylic acids is 1. The van der Waals surface area contributed by atoms with Crippen molar-refractivity contribution >= 4 is 11.6 Å². The first-order valence-corrected chi connectivity index (χ1v) is 6.98. The van der Waals surface area contributed by atoms with E-state index in [1.807, 2.05) is 0 Å². The van der Waals surface area contributed by atoms with Gasteiger partial charge < -0.3 is 5.11 Å². The highest BCUT2D eigenvalue weighted by molar-refractivity contribution is 5.86. The molecular formula is C14H17N3O3. The van der Waals surface area contributed by atoms with Crippen LogP contribution in [0.4, 0.5) is 0 Å². The molecule has 6 heteroatoms. The van der Waals surface area contributed by atoms with Crippen LogP contribution in [0, 0.1) is 5.92 Å². The summed E-state index contributed by atoms with van der Waals surface area (Å²) in [5.41, 5.74) is 0.858. The van der Waals surface area contributed by atoms with Gasteiger partial charge in [-0.3, -0.25) is 9.89 Å². The number of nitrogens with one attached hydrogen (secondary N) is 1. The SMILES string of the molecule is O=C(O)c1cc2nc(CC3CCCCC3)cc(=O)n2[nH]1. The van der Waals surface area contributed by atoms with E-state index in [1.54, 1.807) is 0 Å². The van der Waals surface area contributed by atoms with E-state index >= 15 is 0 Å². The van der Waals surface area contributed by atoms with Crippen LogP contribution in [0.15, 0.2) is 16.9 Å². The van der Waals surface area contributed by atoms with E-state index in [2.05, 4.69) is 10.1 Å². The average molecular weight is 275 g/mol. The van der Waals surface area contributed by atoms with E-state index < -0.39 is 5.97 Å². The lowest BCUT2D eigenvalue weighted by Crippen LogP contribution is -2.18. The minimum absolute atomic E-state index is 0.0237. The Hall–Kier alpha value is -2.11. The number of hydrogen-bond acceptors (Lipinski definition) is 3. The Morgan fingerprint density at radius 2 is 2.10 bits per heavy atom. The zero-order valence-corrected chi connectivity index (χ0v) is 11.1. The molecule has 2 aromatic rings. The third-order valence-corrected chi connectivity index (χ3v) is 3.96. The lowest BCUT2D eigenvalue weighted by atomic mass is 9.86. The Morgan fingerprint density at radius 3 is 2.80 bits per heavy atom. The van der Waals surface area contributed by atoms with E-state index in [0.29, 0.717) is 11.6 Å². The van der Waals surface area contributed by atoms with Gasteiger partial charge in [0.25, 0.3) is 5.56 Å². The predicted octanol–water partition coefficient (Wildman–Crippen LogP) is 1.84. The molecule has 0 unspecified atom stereocenters. The summed E-state index contributed by atoms with van der Waals surface area (Å²) in [5.74, 6) is -0.500. The van der Waals surface area contributed by atoms with Crippen LogP contribution in [-0.4, -0.2) is 25.7 Å². The lowest BCUT2D eigenvalue weighted by molar-refractivity contribution is 0.0690. The summed E-state index contributed by atoms with van der Waals surface area (Å²) >= 11 is 0. The minimum Gasteiger partial charge on any atom is -0.477 e. The molecular weight excluding hydrogens is 258 g/mol. The van der Waals surface area contributed by atoms with Gasteiger partial charge in [0.05, 0.1) is 0 Å². The maximum Gasteiger partial charge on any atom is 0.353 e. The van der Waals surface area contributed by atoms with Crippen molar-refractivity contribution in [2.45, 2.75) is 38.5 Å². The van der Waals surface area contributed by atoms with Crippen molar-refractivity contribution in [1.29, 1.82) is 0 Å². The maximum atomic E-state index is 12.0. The molecule has 0 bridgehead atoms. The summed E-state index contributed by atoms with van der Waals surface area (Å²) in [5, 5.41) is 11.5. The van der Waals surface area contributed by atoms with E-state index in [9.17, 15) is 9.59 Å². The topological polar surface area (TPSA) is 87.5 Å².